The molecule has 0 saturated carbocycles. The van der Waals surface area contributed by atoms with E-state index in [9.17, 15) is 0 Å². The Balaban J connectivity index is 1.42. The molecule has 7 aromatic carbocycles. The first-order valence-corrected chi connectivity index (χ1v) is 14.5. The first kappa shape index (κ1) is 23.8. The molecule has 0 fully saturated rings. The van der Waals surface area contributed by atoms with Crippen molar-refractivity contribution in [1.82, 2.24) is 19.5 Å². The van der Waals surface area contributed by atoms with Gasteiger partial charge >= 0.3 is 0 Å². The Morgan fingerprint density at radius 3 is 1.53 bits per heavy atom. The van der Waals surface area contributed by atoms with Crippen LogP contribution < -0.4 is 0 Å². The zero-order valence-electron chi connectivity index (χ0n) is 23.1. The summed E-state index contributed by atoms with van der Waals surface area (Å²) in [6.45, 7) is 0. The molecule has 0 radical (unpaired) electrons. The Morgan fingerprint density at radius 2 is 0.837 bits per heavy atom. The van der Waals surface area contributed by atoms with Crippen LogP contribution in [0.25, 0.3) is 82.8 Å². The largest absolute Gasteiger partial charge is 0.277 e. The molecule has 0 aliphatic carbocycles. The van der Waals surface area contributed by atoms with Gasteiger partial charge in [0.15, 0.2) is 11.6 Å². The minimum absolute atomic E-state index is 0.602. The van der Waals surface area contributed by atoms with E-state index < -0.39 is 0 Å². The number of nitrogens with zero attached hydrogens (tertiary/aromatic N) is 4. The zero-order valence-corrected chi connectivity index (χ0v) is 23.1. The molecular formula is C39H24N4. The molecule has 0 N–H and O–H groups in total. The molecule has 2 heterocycles. The van der Waals surface area contributed by atoms with Gasteiger partial charge in [0.1, 0.15) is 0 Å². The van der Waals surface area contributed by atoms with Crippen LogP contribution in [0.2, 0.25) is 0 Å². The summed E-state index contributed by atoms with van der Waals surface area (Å²) in [5.41, 5.74) is 4.06. The Labute approximate surface area is 247 Å². The Bertz CT molecular complexity index is 2440. The van der Waals surface area contributed by atoms with Crippen LogP contribution >= 0.6 is 0 Å². The first-order chi connectivity index (χ1) is 21.3. The fourth-order valence-electron chi connectivity index (χ4n) is 6.47. The number of hydrogen-bond donors (Lipinski definition) is 0. The van der Waals surface area contributed by atoms with Crippen LogP contribution in [0.15, 0.2) is 146 Å². The molecule has 0 amide bonds. The SMILES string of the molecule is c1ccc(-c2nc(-c3ccccc3)nc(-n3c4ccccc4c4ccc5c6ccc7ccccc7c6ccc5c43)n2)cc1. The van der Waals surface area contributed by atoms with Crippen LogP contribution in [0.4, 0.5) is 0 Å². The van der Waals surface area contributed by atoms with Crippen molar-refractivity contribution >= 4 is 54.1 Å². The fraction of sp³-hybridized carbons (Fsp3) is 0. The highest BCUT2D eigenvalue weighted by Gasteiger charge is 2.20. The minimum Gasteiger partial charge on any atom is -0.277 e. The summed E-state index contributed by atoms with van der Waals surface area (Å²) >= 11 is 0. The molecular weight excluding hydrogens is 524 g/mol. The van der Waals surface area contributed by atoms with E-state index in [1.54, 1.807) is 0 Å². The number of hydrogen-bond acceptors (Lipinski definition) is 3. The van der Waals surface area contributed by atoms with Gasteiger partial charge in [-0.25, -0.2) is 4.98 Å². The van der Waals surface area contributed by atoms with Gasteiger partial charge in [-0.05, 0) is 33.0 Å². The average molecular weight is 549 g/mol. The summed E-state index contributed by atoms with van der Waals surface area (Å²) in [5, 5.41) is 9.72. The lowest BCUT2D eigenvalue weighted by atomic mass is 9.96. The highest BCUT2D eigenvalue weighted by Crippen LogP contribution is 2.39. The van der Waals surface area contributed by atoms with Gasteiger partial charge < -0.3 is 0 Å². The number of rotatable bonds is 3. The molecule has 0 aliphatic heterocycles. The second-order valence-corrected chi connectivity index (χ2v) is 10.9. The quantitative estimate of drug-likeness (QED) is 0.206. The Kier molecular flexibility index (Phi) is 5.16. The van der Waals surface area contributed by atoms with E-state index in [1.165, 1.54) is 43.1 Å². The van der Waals surface area contributed by atoms with E-state index in [0.29, 0.717) is 17.6 Å². The second kappa shape index (κ2) is 9.33. The topological polar surface area (TPSA) is 43.6 Å². The Hall–Kier alpha value is -5.87. The summed E-state index contributed by atoms with van der Waals surface area (Å²) in [4.78, 5) is 15.2. The van der Waals surface area contributed by atoms with Gasteiger partial charge in [-0.2, -0.15) is 9.97 Å². The van der Waals surface area contributed by atoms with Crippen LogP contribution in [0, 0.1) is 0 Å². The standard InChI is InChI=1S/C39H24N4/c1-3-12-26(13-4-1)37-40-38(27-14-5-2-6-15-27)42-39(41-37)43-35-18-10-9-17-32(35)34-24-22-31-30-20-19-25-11-7-8-16-28(25)29(30)21-23-33(31)36(34)43/h1-24H. The number of benzene rings is 7. The van der Waals surface area contributed by atoms with Crippen LogP contribution in [0.1, 0.15) is 0 Å². The van der Waals surface area contributed by atoms with E-state index in [-0.39, 0.29) is 0 Å². The molecule has 43 heavy (non-hydrogen) atoms. The van der Waals surface area contributed by atoms with Gasteiger partial charge in [-0.1, -0.05) is 140 Å². The van der Waals surface area contributed by atoms with Crippen molar-refractivity contribution in [2.24, 2.45) is 0 Å². The lowest BCUT2D eigenvalue weighted by molar-refractivity contribution is 0.955. The van der Waals surface area contributed by atoms with Crippen LogP contribution in [-0.2, 0) is 0 Å². The summed E-state index contributed by atoms with van der Waals surface area (Å²) < 4.78 is 2.22. The summed E-state index contributed by atoms with van der Waals surface area (Å²) in [6, 6.07) is 50.9. The third-order valence-corrected chi connectivity index (χ3v) is 8.44. The van der Waals surface area contributed by atoms with Gasteiger partial charge in [-0.3, -0.25) is 4.57 Å². The van der Waals surface area contributed by atoms with Gasteiger partial charge in [0, 0.05) is 27.3 Å². The van der Waals surface area contributed by atoms with Crippen LogP contribution in [-0.4, -0.2) is 19.5 Å². The molecule has 0 atom stereocenters. The molecule has 0 saturated heterocycles. The molecule has 4 heteroatoms. The van der Waals surface area contributed by atoms with E-state index in [2.05, 4.69) is 89.5 Å². The van der Waals surface area contributed by atoms with Gasteiger partial charge in [0.05, 0.1) is 11.0 Å². The molecule has 0 aliphatic rings. The molecule has 4 nitrogen and oxygen atoms in total. The summed E-state index contributed by atoms with van der Waals surface area (Å²) in [5.74, 6) is 1.89. The first-order valence-electron chi connectivity index (χ1n) is 14.5. The highest BCUT2D eigenvalue weighted by atomic mass is 15.2. The number of para-hydroxylation sites is 1. The predicted octanol–water partition coefficient (Wildman–Crippen LogP) is 9.76. The van der Waals surface area contributed by atoms with Crippen LogP contribution in [0.5, 0.6) is 0 Å². The smallest absolute Gasteiger partial charge is 0.238 e. The van der Waals surface area contributed by atoms with E-state index in [1.807, 2.05) is 60.7 Å². The summed E-state index contributed by atoms with van der Waals surface area (Å²) in [7, 11) is 0. The van der Waals surface area contributed by atoms with E-state index in [0.717, 1.165) is 22.2 Å². The van der Waals surface area contributed by atoms with Crippen molar-refractivity contribution < 1.29 is 0 Å². The van der Waals surface area contributed by atoms with Crippen LogP contribution in [0.3, 0.4) is 0 Å². The molecule has 0 bridgehead atoms. The maximum atomic E-state index is 5.12. The van der Waals surface area contributed by atoms with Crippen molar-refractivity contribution in [2.75, 3.05) is 0 Å². The molecule has 9 aromatic rings. The normalized spacial score (nSPS) is 11.7. The Morgan fingerprint density at radius 1 is 0.349 bits per heavy atom. The molecule has 0 spiro atoms. The maximum absolute atomic E-state index is 5.12. The fourth-order valence-corrected chi connectivity index (χ4v) is 6.47. The lowest BCUT2D eigenvalue weighted by Gasteiger charge is -2.13. The number of aromatic nitrogens is 4. The van der Waals surface area contributed by atoms with E-state index >= 15 is 0 Å². The monoisotopic (exact) mass is 548 g/mol. The molecule has 9 rings (SSSR count). The van der Waals surface area contributed by atoms with Crippen molar-refractivity contribution in [2.45, 2.75) is 0 Å². The van der Waals surface area contributed by atoms with Crippen molar-refractivity contribution in [3.63, 3.8) is 0 Å². The predicted molar refractivity (Wildman–Crippen MR) is 178 cm³/mol. The van der Waals surface area contributed by atoms with Crippen molar-refractivity contribution in [3.8, 4) is 28.7 Å². The second-order valence-electron chi connectivity index (χ2n) is 10.9. The maximum Gasteiger partial charge on any atom is 0.238 e. The third-order valence-electron chi connectivity index (χ3n) is 8.44. The van der Waals surface area contributed by atoms with Crippen molar-refractivity contribution in [1.29, 1.82) is 0 Å². The third kappa shape index (κ3) is 3.67. The van der Waals surface area contributed by atoms with Crippen molar-refractivity contribution in [3.05, 3.63) is 146 Å². The van der Waals surface area contributed by atoms with Gasteiger partial charge in [-0.15, -0.1) is 0 Å². The van der Waals surface area contributed by atoms with Gasteiger partial charge in [0.25, 0.3) is 0 Å². The summed E-state index contributed by atoms with van der Waals surface area (Å²) in [6.07, 6.45) is 0. The highest BCUT2D eigenvalue weighted by molar-refractivity contribution is 6.25. The van der Waals surface area contributed by atoms with E-state index in [4.69, 9.17) is 15.0 Å². The zero-order chi connectivity index (χ0) is 28.3. The average Bonchev–Trinajstić information content (AvgIpc) is 3.43. The molecule has 200 valence electrons. The van der Waals surface area contributed by atoms with Gasteiger partial charge in [0.2, 0.25) is 5.95 Å². The molecule has 2 aromatic heterocycles. The lowest BCUT2D eigenvalue weighted by Crippen LogP contribution is -2.06. The molecule has 0 unspecified atom stereocenters. The number of fused-ring (bicyclic) bond motifs is 9. The minimum atomic E-state index is 0.602.